The zero-order valence-electron chi connectivity index (χ0n) is 31.8. The molecule has 0 fully saturated rings. The van der Waals surface area contributed by atoms with Gasteiger partial charge < -0.3 is 9.47 Å². The molecule has 58 heavy (non-hydrogen) atoms. The van der Waals surface area contributed by atoms with Gasteiger partial charge in [0.15, 0.2) is 0 Å². The van der Waals surface area contributed by atoms with Crippen LogP contribution in [0.1, 0.15) is 0 Å². The van der Waals surface area contributed by atoms with E-state index in [0.717, 1.165) is 22.7 Å². The number of nitrogens with zero attached hydrogens (tertiary/aromatic N) is 2. The summed E-state index contributed by atoms with van der Waals surface area (Å²) in [4.78, 5) is 2.35. The van der Waals surface area contributed by atoms with Crippen LogP contribution in [0.5, 0.6) is 0 Å². The SMILES string of the molecule is c1ccc(N(c2ccc(-c3ccc4c(ccc5ccccc54)c3)cc2)c2cccc(-c3cccc(-c4cccc5c4c4ccccc4n5-c4ccccc4)c3)c2)cc1. The summed E-state index contributed by atoms with van der Waals surface area (Å²) in [6, 6.07) is 83.6. The molecule has 2 nitrogen and oxygen atoms in total. The molecule has 11 rings (SSSR count). The topological polar surface area (TPSA) is 8.17 Å². The largest absolute Gasteiger partial charge is 0.310 e. The summed E-state index contributed by atoms with van der Waals surface area (Å²) in [7, 11) is 0. The minimum atomic E-state index is 1.10. The smallest absolute Gasteiger partial charge is 0.0547 e. The quantitative estimate of drug-likeness (QED) is 0.148. The van der Waals surface area contributed by atoms with Crippen molar-refractivity contribution in [3.8, 4) is 39.1 Å². The lowest BCUT2D eigenvalue weighted by atomic mass is 9.95. The first kappa shape index (κ1) is 33.6. The van der Waals surface area contributed by atoms with E-state index in [1.807, 2.05) is 0 Å². The number of benzene rings is 10. The van der Waals surface area contributed by atoms with E-state index in [-0.39, 0.29) is 0 Å². The van der Waals surface area contributed by atoms with Gasteiger partial charge in [0.2, 0.25) is 0 Å². The summed E-state index contributed by atoms with van der Waals surface area (Å²) < 4.78 is 2.38. The van der Waals surface area contributed by atoms with E-state index in [0.29, 0.717) is 0 Å². The number of rotatable bonds is 7. The summed E-state index contributed by atoms with van der Waals surface area (Å²) >= 11 is 0. The van der Waals surface area contributed by atoms with E-state index in [1.54, 1.807) is 0 Å². The standard InChI is InChI=1S/C56H38N2/c1-3-18-46(19-4-1)57(48-33-30-39(31-34-48)43-32-35-51-45(37-43)29-28-40-14-7-8-23-50(40)51)49-22-12-16-42(38-49)41-15-11-17-44(36-41)52-25-13-27-55-56(52)53-24-9-10-26-54(53)58(55)47-20-5-2-6-21-47/h1-38H. The summed E-state index contributed by atoms with van der Waals surface area (Å²) in [6.07, 6.45) is 0. The highest BCUT2D eigenvalue weighted by molar-refractivity contribution is 6.16. The summed E-state index contributed by atoms with van der Waals surface area (Å²) in [6.45, 7) is 0. The molecule has 1 aromatic heterocycles. The Balaban J connectivity index is 0.969. The molecule has 10 aromatic carbocycles. The highest BCUT2D eigenvalue weighted by Gasteiger charge is 2.17. The van der Waals surface area contributed by atoms with Crippen LogP contribution in [0.2, 0.25) is 0 Å². The van der Waals surface area contributed by atoms with Crippen molar-refractivity contribution < 1.29 is 0 Å². The Morgan fingerprint density at radius 1 is 0.293 bits per heavy atom. The molecular weight excluding hydrogens is 701 g/mol. The number of aromatic nitrogens is 1. The summed E-state index contributed by atoms with van der Waals surface area (Å²) in [5, 5.41) is 7.62. The van der Waals surface area contributed by atoms with Crippen LogP contribution in [0.4, 0.5) is 17.1 Å². The number of hydrogen-bond donors (Lipinski definition) is 0. The van der Waals surface area contributed by atoms with Gasteiger partial charge in [0.25, 0.3) is 0 Å². The van der Waals surface area contributed by atoms with Gasteiger partial charge in [0.1, 0.15) is 0 Å². The van der Waals surface area contributed by atoms with E-state index in [4.69, 9.17) is 0 Å². The third-order valence-electron chi connectivity index (χ3n) is 11.5. The highest BCUT2D eigenvalue weighted by Crippen LogP contribution is 2.41. The van der Waals surface area contributed by atoms with Gasteiger partial charge in [0, 0.05) is 33.5 Å². The molecule has 11 aromatic rings. The van der Waals surface area contributed by atoms with Crippen LogP contribution in [0.15, 0.2) is 231 Å². The molecule has 2 heteroatoms. The minimum absolute atomic E-state index is 1.10. The third kappa shape index (κ3) is 5.82. The fourth-order valence-electron chi connectivity index (χ4n) is 8.83. The predicted octanol–water partition coefficient (Wildman–Crippen LogP) is 15.6. The minimum Gasteiger partial charge on any atom is -0.310 e. The zero-order valence-corrected chi connectivity index (χ0v) is 31.8. The van der Waals surface area contributed by atoms with Gasteiger partial charge in [-0.25, -0.2) is 0 Å². The van der Waals surface area contributed by atoms with Crippen molar-refractivity contribution in [2.24, 2.45) is 0 Å². The fourth-order valence-corrected chi connectivity index (χ4v) is 8.83. The molecule has 0 N–H and O–H groups in total. The average molecular weight is 739 g/mol. The number of anilines is 3. The lowest BCUT2D eigenvalue weighted by Gasteiger charge is -2.26. The normalized spacial score (nSPS) is 11.4. The van der Waals surface area contributed by atoms with Crippen molar-refractivity contribution in [3.63, 3.8) is 0 Å². The van der Waals surface area contributed by atoms with Crippen LogP contribution in [0.25, 0.3) is 82.4 Å². The molecule has 0 aliphatic rings. The molecule has 0 spiro atoms. The van der Waals surface area contributed by atoms with Gasteiger partial charge in [-0.3, -0.25) is 0 Å². The average Bonchev–Trinajstić information content (AvgIpc) is 3.65. The van der Waals surface area contributed by atoms with Crippen LogP contribution in [0.3, 0.4) is 0 Å². The Hall–Kier alpha value is -7.68. The van der Waals surface area contributed by atoms with Gasteiger partial charge in [-0.2, -0.15) is 0 Å². The van der Waals surface area contributed by atoms with Crippen molar-refractivity contribution in [1.82, 2.24) is 4.57 Å². The summed E-state index contributed by atoms with van der Waals surface area (Å²) in [5.74, 6) is 0. The Kier molecular flexibility index (Phi) is 8.19. The fraction of sp³-hybridized carbons (Fsp3) is 0. The van der Waals surface area contributed by atoms with Gasteiger partial charge in [-0.05, 0) is 128 Å². The van der Waals surface area contributed by atoms with Crippen molar-refractivity contribution in [2.45, 2.75) is 0 Å². The number of fused-ring (bicyclic) bond motifs is 6. The predicted molar refractivity (Wildman–Crippen MR) is 247 cm³/mol. The molecule has 0 radical (unpaired) electrons. The molecule has 0 unspecified atom stereocenters. The van der Waals surface area contributed by atoms with Crippen LogP contribution in [0, 0.1) is 0 Å². The first-order valence-electron chi connectivity index (χ1n) is 19.9. The van der Waals surface area contributed by atoms with E-state index >= 15 is 0 Å². The molecule has 0 saturated carbocycles. The molecule has 0 bridgehead atoms. The zero-order chi connectivity index (χ0) is 38.4. The van der Waals surface area contributed by atoms with Gasteiger partial charge in [0.05, 0.1) is 11.0 Å². The van der Waals surface area contributed by atoms with E-state index < -0.39 is 0 Å². The second-order valence-corrected chi connectivity index (χ2v) is 15.0. The summed E-state index contributed by atoms with van der Waals surface area (Å²) in [5.41, 5.74) is 14.1. The van der Waals surface area contributed by atoms with E-state index in [9.17, 15) is 0 Å². The Bertz CT molecular complexity index is 3270. The maximum absolute atomic E-state index is 2.38. The molecule has 0 aliphatic carbocycles. The maximum atomic E-state index is 2.38. The van der Waals surface area contributed by atoms with Crippen LogP contribution < -0.4 is 4.90 Å². The van der Waals surface area contributed by atoms with Crippen molar-refractivity contribution in [2.75, 3.05) is 4.90 Å². The van der Waals surface area contributed by atoms with Crippen molar-refractivity contribution in [3.05, 3.63) is 231 Å². The van der Waals surface area contributed by atoms with Crippen molar-refractivity contribution >= 4 is 60.4 Å². The Morgan fingerprint density at radius 3 is 1.71 bits per heavy atom. The second-order valence-electron chi connectivity index (χ2n) is 15.0. The molecule has 0 atom stereocenters. The Morgan fingerprint density at radius 2 is 0.862 bits per heavy atom. The highest BCUT2D eigenvalue weighted by atomic mass is 15.1. The first-order chi connectivity index (χ1) is 28.8. The first-order valence-corrected chi connectivity index (χ1v) is 19.9. The molecule has 272 valence electrons. The monoisotopic (exact) mass is 738 g/mol. The molecule has 0 amide bonds. The van der Waals surface area contributed by atoms with Crippen LogP contribution >= 0.6 is 0 Å². The van der Waals surface area contributed by atoms with Gasteiger partial charge >= 0.3 is 0 Å². The van der Waals surface area contributed by atoms with E-state index in [2.05, 4.69) is 240 Å². The number of para-hydroxylation sites is 3. The van der Waals surface area contributed by atoms with Crippen LogP contribution in [-0.4, -0.2) is 4.57 Å². The lowest BCUT2D eigenvalue weighted by molar-refractivity contribution is 1.18. The molecule has 1 heterocycles. The van der Waals surface area contributed by atoms with Gasteiger partial charge in [-0.1, -0.05) is 158 Å². The van der Waals surface area contributed by atoms with E-state index in [1.165, 1.54) is 76.7 Å². The van der Waals surface area contributed by atoms with Crippen molar-refractivity contribution in [1.29, 1.82) is 0 Å². The lowest BCUT2D eigenvalue weighted by Crippen LogP contribution is -2.09. The molecular formula is C56H38N2. The number of hydrogen-bond acceptors (Lipinski definition) is 1. The Labute approximate surface area is 338 Å². The maximum Gasteiger partial charge on any atom is 0.0547 e. The van der Waals surface area contributed by atoms with Gasteiger partial charge in [-0.15, -0.1) is 0 Å². The second kappa shape index (κ2) is 14.1. The third-order valence-corrected chi connectivity index (χ3v) is 11.5. The molecule has 0 saturated heterocycles. The molecule has 0 aliphatic heterocycles. The van der Waals surface area contributed by atoms with Crippen LogP contribution in [-0.2, 0) is 0 Å².